The number of aryl methyl sites for hydroxylation is 2. The van der Waals surface area contributed by atoms with E-state index in [0.29, 0.717) is 17.8 Å². The molecule has 3 rings (SSSR count). The lowest BCUT2D eigenvalue weighted by Crippen LogP contribution is -2.27. The van der Waals surface area contributed by atoms with Gasteiger partial charge < -0.3 is 15.2 Å². The molecular formula is C18H16N5O4-. The van der Waals surface area contributed by atoms with Gasteiger partial charge in [-0.3, -0.25) is 14.6 Å². The maximum Gasteiger partial charge on any atom is 0.257 e. The molecule has 27 heavy (non-hydrogen) atoms. The average Bonchev–Trinajstić information content (AvgIpc) is 3.01. The van der Waals surface area contributed by atoms with E-state index in [9.17, 15) is 19.5 Å². The van der Waals surface area contributed by atoms with Crippen molar-refractivity contribution in [3.05, 3.63) is 69.3 Å². The van der Waals surface area contributed by atoms with E-state index < -0.39 is 11.9 Å². The third-order valence-corrected chi connectivity index (χ3v) is 3.81. The van der Waals surface area contributed by atoms with Crippen LogP contribution in [-0.2, 0) is 6.42 Å². The van der Waals surface area contributed by atoms with Crippen LogP contribution in [0.4, 0.5) is 5.82 Å². The predicted octanol–water partition coefficient (Wildman–Crippen LogP) is 0.442. The smallest absolute Gasteiger partial charge is 0.257 e. The second-order valence-corrected chi connectivity index (χ2v) is 5.78. The van der Waals surface area contributed by atoms with Crippen molar-refractivity contribution in [2.75, 3.05) is 5.32 Å². The van der Waals surface area contributed by atoms with Crippen LogP contribution in [0.1, 0.15) is 39.0 Å². The van der Waals surface area contributed by atoms with Gasteiger partial charge >= 0.3 is 0 Å². The van der Waals surface area contributed by atoms with Crippen molar-refractivity contribution in [2.24, 2.45) is 0 Å². The Labute approximate surface area is 153 Å². The summed E-state index contributed by atoms with van der Waals surface area (Å²) in [6, 6.07) is 8.68. The van der Waals surface area contributed by atoms with E-state index in [1.54, 1.807) is 19.1 Å². The summed E-state index contributed by atoms with van der Waals surface area (Å²) < 4.78 is 1.29. The molecule has 0 fully saturated rings. The normalized spacial score (nSPS) is 10.6. The van der Waals surface area contributed by atoms with Crippen molar-refractivity contribution in [3.8, 4) is 5.95 Å². The maximum atomic E-state index is 12.6. The Morgan fingerprint density at radius 3 is 2.59 bits per heavy atom. The van der Waals surface area contributed by atoms with Crippen molar-refractivity contribution in [3.63, 3.8) is 0 Å². The zero-order chi connectivity index (χ0) is 19.6. The molecule has 2 aromatic heterocycles. The highest BCUT2D eigenvalue weighted by Crippen LogP contribution is 2.17. The van der Waals surface area contributed by atoms with E-state index >= 15 is 0 Å². The molecule has 0 unspecified atom stereocenters. The molecule has 3 aromatic rings. The number of rotatable bonds is 5. The second kappa shape index (κ2) is 7.24. The van der Waals surface area contributed by atoms with Crippen LogP contribution in [0.2, 0.25) is 0 Å². The van der Waals surface area contributed by atoms with E-state index in [4.69, 9.17) is 0 Å². The van der Waals surface area contributed by atoms with E-state index in [1.807, 2.05) is 6.92 Å². The highest BCUT2D eigenvalue weighted by atomic mass is 16.4. The van der Waals surface area contributed by atoms with Crippen LogP contribution in [-0.4, -0.2) is 31.6 Å². The van der Waals surface area contributed by atoms with E-state index in [0.717, 1.165) is 0 Å². The minimum atomic E-state index is -1.45. The Kier molecular flexibility index (Phi) is 4.84. The first-order chi connectivity index (χ1) is 12.9. The topological polar surface area (TPSA) is 133 Å². The number of benzene rings is 1. The molecule has 0 aliphatic rings. The Balaban J connectivity index is 2.01. The minimum absolute atomic E-state index is 0.0494. The van der Waals surface area contributed by atoms with Crippen LogP contribution >= 0.6 is 0 Å². The molecule has 0 radical (unpaired) electrons. The summed E-state index contributed by atoms with van der Waals surface area (Å²) in [7, 11) is 0. The van der Waals surface area contributed by atoms with Crippen molar-refractivity contribution >= 4 is 17.7 Å². The van der Waals surface area contributed by atoms with Crippen molar-refractivity contribution in [1.82, 2.24) is 19.7 Å². The zero-order valence-corrected chi connectivity index (χ0v) is 14.6. The molecule has 0 aliphatic carbocycles. The number of nitrogens with one attached hydrogen (secondary N) is 2. The predicted molar refractivity (Wildman–Crippen MR) is 94.8 cm³/mol. The minimum Gasteiger partial charge on any atom is -0.545 e. The summed E-state index contributed by atoms with van der Waals surface area (Å²) in [6.07, 6.45) is 0.553. The maximum absolute atomic E-state index is 12.6. The monoisotopic (exact) mass is 366 g/mol. The molecule has 9 nitrogen and oxygen atoms in total. The fourth-order valence-electron chi connectivity index (χ4n) is 2.57. The fraction of sp³-hybridized carbons (Fsp3) is 0.167. The van der Waals surface area contributed by atoms with Gasteiger partial charge in [0.2, 0.25) is 5.95 Å². The van der Waals surface area contributed by atoms with Crippen LogP contribution in [0, 0.1) is 6.92 Å². The molecule has 0 aliphatic heterocycles. The van der Waals surface area contributed by atoms with Gasteiger partial charge in [-0.15, -0.1) is 0 Å². The number of aromatic carboxylic acids is 1. The standard InChI is InChI=1S/C18H17N5O4/c1-3-11-9-15(24)21-18(19-11)23-14(8-10(2)22-23)20-16(25)12-6-4-5-7-13(12)17(26)27/h4-9H,3H2,1-2H3,(H,20,25)(H,26,27)(H,19,21,24)/p-1. The summed E-state index contributed by atoms with van der Waals surface area (Å²) in [5.41, 5.74) is 0.526. The molecule has 2 heterocycles. The van der Waals surface area contributed by atoms with Gasteiger partial charge in [0.1, 0.15) is 5.82 Å². The Morgan fingerprint density at radius 2 is 1.93 bits per heavy atom. The number of H-pyrrole nitrogens is 1. The molecule has 0 saturated heterocycles. The van der Waals surface area contributed by atoms with Gasteiger partial charge in [0.05, 0.1) is 11.7 Å². The van der Waals surface area contributed by atoms with Crippen LogP contribution in [0.3, 0.4) is 0 Å². The van der Waals surface area contributed by atoms with Crippen LogP contribution in [0.15, 0.2) is 41.2 Å². The Morgan fingerprint density at radius 1 is 1.22 bits per heavy atom. The van der Waals surface area contributed by atoms with Crippen molar-refractivity contribution in [2.45, 2.75) is 20.3 Å². The molecule has 1 aromatic carbocycles. The third kappa shape index (κ3) is 3.76. The summed E-state index contributed by atoms with van der Waals surface area (Å²) in [4.78, 5) is 42.5. The van der Waals surface area contributed by atoms with Crippen molar-refractivity contribution < 1.29 is 14.7 Å². The van der Waals surface area contributed by atoms with E-state index in [2.05, 4.69) is 20.4 Å². The number of aromatic amines is 1. The van der Waals surface area contributed by atoms with Gasteiger partial charge in [0.25, 0.3) is 11.5 Å². The number of aromatic nitrogens is 4. The number of hydrogen-bond acceptors (Lipinski definition) is 6. The fourth-order valence-corrected chi connectivity index (χ4v) is 2.57. The van der Waals surface area contributed by atoms with E-state index in [-0.39, 0.29) is 28.5 Å². The average molecular weight is 366 g/mol. The molecule has 0 atom stereocenters. The molecule has 0 saturated carbocycles. The molecule has 2 N–H and O–H groups in total. The third-order valence-electron chi connectivity index (χ3n) is 3.81. The van der Waals surface area contributed by atoms with Crippen molar-refractivity contribution in [1.29, 1.82) is 0 Å². The van der Waals surface area contributed by atoms with Gasteiger partial charge in [-0.25, -0.2) is 4.98 Å². The number of amides is 1. The van der Waals surface area contributed by atoms with Gasteiger partial charge in [-0.1, -0.05) is 25.1 Å². The number of carboxylic acid groups (broad SMARTS) is 1. The van der Waals surface area contributed by atoms with E-state index in [1.165, 1.54) is 28.9 Å². The van der Waals surface area contributed by atoms with Gasteiger partial charge in [-0.2, -0.15) is 9.78 Å². The summed E-state index contributed by atoms with van der Waals surface area (Å²) in [5, 5.41) is 18.1. The van der Waals surface area contributed by atoms with Crippen LogP contribution in [0.25, 0.3) is 5.95 Å². The lowest BCUT2D eigenvalue weighted by atomic mass is 10.1. The SMILES string of the molecule is CCc1cc(=O)[nH]c(-n2nc(C)cc2NC(=O)c2ccccc2C(=O)[O-])n1. The number of anilines is 1. The lowest BCUT2D eigenvalue weighted by Gasteiger charge is -2.12. The second-order valence-electron chi connectivity index (χ2n) is 5.78. The van der Waals surface area contributed by atoms with Gasteiger partial charge in [-0.05, 0) is 19.4 Å². The number of carboxylic acids is 1. The largest absolute Gasteiger partial charge is 0.545 e. The number of hydrogen-bond donors (Lipinski definition) is 2. The van der Waals surface area contributed by atoms with Crippen LogP contribution in [0.5, 0.6) is 0 Å². The quantitative estimate of drug-likeness (QED) is 0.673. The Bertz CT molecular complexity index is 1080. The number of carbonyl (C=O) groups excluding carboxylic acids is 2. The molecule has 1 amide bonds. The molecule has 138 valence electrons. The first-order valence-corrected chi connectivity index (χ1v) is 8.18. The molecular weight excluding hydrogens is 350 g/mol. The highest BCUT2D eigenvalue weighted by Gasteiger charge is 2.17. The molecule has 0 bridgehead atoms. The van der Waals surface area contributed by atoms with Gasteiger partial charge in [0, 0.05) is 29.0 Å². The molecule has 0 spiro atoms. The zero-order valence-electron chi connectivity index (χ0n) is 14.6. The summed E-state index contributed by atoms with van der Waals surface area (Å²) >= 11 is 0. The highest BCUT2D eigenvalue weighted by molar-refractivity contribution is 6.10. The number of carbonyl (C=O) groups is 2. The lowest BCUT2D eigenvalue weighted by molar-refractivity contribution is -0.255. The summed E-state index contributed by atoms with van der Waals surface area (Å²) in [6.45, 7) is 3.57. The Hall–Kier alpha value is -3.75. The summed E-state index contributed by atoms with van der Waals surface area (Å²) in [5.74, 6) is -1.71. The first kappa shape index (κ1) is 18.1. The van der Waals surface area contributed by atoms with Crippen LogP contribution < -0.4 is 16.0 Å². The first-order valence-electron chi connectivity index (χ1n) is 8.18. The van der Waals surface area contributed by atoms with Gasteiger partial charge in [0.15, 0.2) is 0 Å². The number of nitrogens with zero attached hydrogens (tertiary/aromatic N) is 3. The molecule has 9 heteroatoms.